The molecular weight excluding hydrogens is 375 g/mol. The van der Waals surface area contributed by atoms with Crippen LogP contribution in [0.5, 0.6) is 0 Å². The van der Waals surface area contributed by atoms with Gasteiger partial charge in [0.25, 0.3) is 0 Å². The van der Waals surface area contributed by atoms with E-state index in [1.54, 1.807) is 6.07 Å². The Balaban J connectivity index is 1.82. The summed E-state index contributed by atoms with van der Waals surface area (Å²) >= 11 is 1.50. The van der Waals surface area contributed by atoms with Crippen LogP contribution in [0.25, 0.3) is 0 Å². The SMILES string of the molecule is O=S(=O)(NCC1(O)CCCc2sccc21)c1cccc(C(F)(F)F)c1. The highest BCUT2D eigenvalue weighted by molar-refractivity contribution is 7.89. The van der Waals surface area contributed by atoms with E-state index in [9.17, 15) is 26.7 Å². The Kier molecular flexibility index (Phi) is 4.69. The van der Waals surface area contributed by atoms with Crippen LogP contribution in [0.1, 0.15) is 28.8 Å². The van der Waals surface area contributed by atoms with E-state index in [0.717, 1.165) is 35.9 Å². The lowest BCUT2D eigenvalue weighted by Gasteiger charge is -2.32. The number of rotatable bonds is 4. The van der Waals surface area contributed by atoms with Crippen LogP contribution in [0.2, 0.25) is 0 Å². The number of hydrogen-bond acceptors (Lipinski definition) is 4. The molecule has 0 saturated heterocycles. The van der Waals surface area contributed by atoms with Gasteiger partial charge in [0.15, 0.2) is 0 Å². The van der Waals surface area contributed by atoms with Crippen LogP contribution >= 0.6 is 11.3 Å². The summed E-state index contributed by atoms with van der Waals surface area (Å²) in [7, 11) is -4.17. The zero-order chi connectivity index (χ0) is 18.3. The van der Waals surface area contributed by atoms with Crippen molar-refractivity contribution in [3.8, 4) is 0 Å². The van der Waals surface area contributed by atoms with Gasteiger partial charge in [-0.25, -0.2) is 13.1 Å². The highest BCUT2D eigenvalue weighted by Gasteiger charge is 2.37. The fraction of sp³-hybridized carbons (Fsp3) is 0.375. The van der Waals surface area contributed by atoms with Crippen LogP contribution in [0.4, 0.5) is 13.2 Å². The highest BCUT2D eigenvalue weighted by atomic mass is 32.2. The van der Waals surface area contributed by atoms with Crippen LogP contribution < -0.4 is 4.72 Å². The highest BCUT2D eigenvalue weighted by Crippen LogP contribution is 2.38. The van der Waals surface area contributed by atoms with E-state index in [2.05, 4.69) is 4.72 Å². The molecule has 0 amide bonds. The topological polar surface area (TPSA) is 66.4 Å². The van der Waals surface area contributed by atoms with Crippen LogP contribution in [0.15, 0.2) is 40.6 Å². The van der Waals surface area contributed by atoms with Crippen LogP contribution in [0, 0.1) is 0 Å². The van der Waals surface area contributed by atoms with E-state index in [1.807, 2.05) is 5.38 Å². The Morgan fingerprint density at radius 1 is 1.28 bits per heavy atom. The molecule has 25 heavy (non-hydrogen) atoms. The van der Waals surface area contributed by atoms with Crippen LogP contribution in [0.3, 0.4) is 0 Å². The first-order chi connectivity index (χ1) is 11.6. The van der Waals surface area contributed by atoms with E-state index in [1.165, 1.54) is 11.3 Å². The number of thiophene rings is 1. The summed E-state index contributed by atoms with van der Waals surface area (Å²) in [5, 5.41) is 12.6. The third-order valence-corrected chi connectivity index (χ3v) is 6.65. The number of sulfonamides is 1. The summed E-state index contributed by atoms with van der Waals surface area (Å²) < 4.78 is 65.3. The molecule has 0 aliphatic heterocycles. The lowest BCUT2D eigenvalue weighted by atomic mass is 9.83. The number of halogens is 3. The van der Waals surface area contributed by atoms with Gasteiger partial charge in [0, 0.05) is 11.4 Å². The number of aliphatic hydroxyl groups is 1. The maximum atomic E-state index is 12.8. The number of aryl methyl sites for hydroxylation is 1. The number of nitrogens with one attached hydrogen (secondary N) is 1. The Hall–Kier alpha value is -1.42. The van der Waals surface area contributed by atoms with Crippen LogP contribution in [-0.4, -0.2) is 20.1 Å². The van der Waals surface area contributed by atoms with Gasteiger partial charge in [-0.1, -0.05) is 6.07 Å². The molecule has 3 rings (SSSR count). The first kappa shape index (κ1) is 18.4. The van der Waals surface area contributed by atoms with Crippen LogP contribution in [-0.2, 0) is 28.2 Å². The van der Waals surface area contributed by atoms with Gasteiger partial charge in [0.1, 0.15) is 5.60 Å². The van der Waals surface area contributed by atoms with Gasteiger partial charge in [-0.05, 0) is 54.5 Å². The second-order valence-corrected chi connectivity index (χ2v) is 8.76. The van der Waals surface area contributed by atoms with Gasteiger partial charge in [0.2, 0.25) is 10.0 Å². The Morgan fingerprint density at radius 3 is 2.76 bits per heavy atom. The van der Waals surface area contributed by atoms with E-state index >= 15 is 0 Å². The number of fused-ring (bicyclic) bond motifs is 1. The third-order valence-electron chi connectivity index (χ3n) is 4.27. The monoisotopic (exact) mass is 391 g/mol. The van der Waals surface area contributed by atoms with Gasteiger partial charge < -0.3 is 5.11 Å². The smallest absolute Gasteiger partial charge is 0.384 e. The fourth-order valence-corrected chi connectivity index (χ4v) is 5.10. The zero-order valence-corrected chi connectivity index (χ0v) is 14.6. The number of alkyl halides is 3. The van der Waals surface area contributed by atoms with Gasteiger partial charge in [0.05, 0.1) is 10.5 Å². The fourth-order valence-electron chi connectivity index (χ4n) is 2.95. The largest absolute Gasteiger partial charge is 0.416 e. The van der Waals surface area contributed by atoms with Crippen molar-refractivity contribution in [1.82, 2.24) is 4.72 Å². The second kappa shape index (κ2) is 6.39. The van der Waals surface area contributed by atoms with Crippen molar-refractivity contribution >= 4 is 21.4 Å². The Morgan fingerprint density at radius 2 is 2.04 bits per heavy atom. The van der Waals surface area contributed by atoms with Crippen molar-refractivity contribution in [3.05, 3.63) is 51.7 Å². The second-order valence-electron chi connectivity index (χ2n) is 5.99. The van der Waals surface area contributed by atoms with Crippen molar-refractivity contribution in [2.45, 2.75) is 35.9 Å². The first-order valence-corrected chi connectivity index (χ1v) is 9.94. The van der Waals surface area contributed by atoms with E-state index < -0.39 is 32.3 Å². The summed E-state index contributed by atoms with van der Waals surface area (Å²) in [6, 6.07) is 5.30. The number of benzene rings is 1. The molecule has 0 spiro atoms. The molecule has 4 nitrogen and oxygen atoms in total. The predicted molar refractivity (Wildman–Crippen MR) is 87.8 cm³/mol. The summed E-state index contributed by atoms with van der Waals surface area (Å²) in [6.45, 7) is -0.282. The molecule has 1 aliphatic rings. The van der Waals surface area contributed by atoms with Crippen molar-refractivity contribution in [3.63, 3.8) is 0 Å². The summed E-state index contributed by atoms with van der Waals surface area (Å²) in [5.41, 5.74) is -1.69. The minimum Gasteiger partial charge on any atom is -0.384 e. The third kappa shape index (κ3) is 3.74. The standard InChI is InChI=1S/C16H16F3NO3S2/c17-16(18,19)11-3-1-4-12(9-11)25(22,23)20-10-15(21)7-2-5-14-13(15)6-8-24-14/h1,3-4,6,8-9,20-21H,2,5,7,10H2. The molecule has 0 saturated carbocycles. The summed E-state index contributed by atoms with van der Waals surface area (Å²) in [4.78, 5) is 0.527. The van der Waals surface area contributed by atoms with E-state index in [4.69, 9.17) is 0 Å². The molecule has 1 unspecified atom stereocenters. The molecule has 2 N–H and O–H groups in total. The lowest BCUT2D eigenvalue weighted by molar-refractivity contribution is -0.137. The molecule has 0 radical (unpaired) electrons. The van der Waals surface area contributed by atoms with Gasteiger partial charge >= 0.3 is 6.18 Å². The molecule has 1 aromatic heterocycles. The van der Waals surface area contributed by atoms with Gasteiger partial charge in [-0.2, -0.15) is 13.2 Å². The number of hydrogen-bond donors (Lipinski definition) is 2. The summed E-state index contributed by atoms with van der Waals surface area (Å²) in [6.07, 6.45) is -2.69. The molecule has 0 fully saturated rings. The Labute approximate surface area is 147 Å². The van der Waals surface area contributed by atoms with E-state index in [-0.39, 0.29) is 6.54 Å². The molecule has 9 heteroatoms. The predicted octanol–water partition coefficient (Wildman–Crippen LogP) is 3.27. The maximum Gasteiger partial charge on any atom is 0.416 e. The lowest BCUT2D eigenvalue weighted by Crippen LogP contribution is -2.42. The zero-order valence-electron chi connectivity index (χ0n) is 13.0. The molecular formula is C16H16F3NO3S2. The van der Waals surface area contributed by atoms with Crippen molar-refractivity contribution in [2.24, 2.45) is 0 Å². The Bertz CT molecular complexity index is 877. The molecule has 1 atom stereocenters. The molecule has 136 valence electrons. The van der Waals surface area contributed by atoms with Crippen molar-refractivity contribution < 1.29 is 26.7 Å². The maximum absolute atomic E-state index is 12.8. The molecule has 2 aromatic rings. The molecule has 0 bridgehead atoms. The molecule has 1 heterocycles. The van der Waals surface area contributed by atoms with Crippen molar-refractivity contribution in [1.29, 1.82) is 0 Å². The minimum atomic E-state index is -4.63. The normalized spacial score (nSPS) is 21.1. The molecule has 1 aromatic carbocycles. The van der Waals surface area contributed by atoms with E-state index in [0.29, 0.717) is 18.1 Å². The van der Waals surface area contributed by atoms with Gasteiger partial charge in [-0.15, -0.1) is 11.3 Å². The first-order valence-electron chi connectivity index (χ1n) is 7.58. The average molecular weight is 391 g/mol. The summed E-state index contributed by atoms with van der Waals surface area (Å²) in [5.74, 6) is 0. The average Bonchev–Trinajstić information content (AvgIpc) is 3.03. The molecule has 1 aliphatic carbocycles. The quantitative estimate of drug-likeness (QED) is 0.841. The minimum absolute atomic E-state index is 0.282. The van der Waals surface area contributed by atoms with Gasteiger partial charge in [-0.3, -0.25) is 0 Å². The van der Waals surface area contributed by atoms with Crippen molar-refractivity contribution in [2.75, 3.05) is 6.54 Å².